The Labute approximate surface area is 75.5 Å². The zero-order valence-corrected chi connectivity index (χ0v) is 7.19. The molecule has 0 aliphatic heterocycles. The number of carboxylic acids is 1. The monoisotopic (exact) mass is 182 g/mol. The first-order valence-electron chi connectivity index (χ1n) is 3.45. The minimum absolute atomic E-state index is 0.176. The maximum Gasteiger partial charge on any atom is 0.330 e. The Morgan fingerprint density at radius 1 is 1.69 bits per heavy atom. The van der Waals surface area contributed by atoms with Crippen molar-refractivity contribution in [1.82, 2.24) is 0 Å². The quantitative estimate of drug-likeness (QED) is 0.558. The second-order valence-electron chi connectivity index (χ2n) is 2.22. The molecule has 0 saturated carbocycles. The summed E-state index contributed by atoms with van der Waals surface area (Å²) in [4.78, 5) is 19.4. The van der Waals surface area contributed by atoms with E-state index in [0.29, 0.717) is 12.0 Å². The molecular weight excluding hydrogens is 172 g/mol. The fraction of sp³-hybridized carbons (Fsp3) is 0.111. The predicted octanol–water partition coefficient (Wildman–Crippen LogP) is 1.74. The predicted molar refractivity (Wildman–Crippen MR) is 46.5 cm³/mol. The molecule has 1 rings (SSSR count). The Balaban J connectivity index is 0.000000226. The van der Waals surface area contributed by atoms with E-state index in [1.807, 2.05) is 0 Å². The van der Waals surface area contributed by atoms with Crippen LogP contribution in [0.4, 0.5) is 0 Å². The molecule has 4 nitrogen and oxygen atoms in total. The van der Waals surface area contributed by atoms with Crippen LogP contribution in [0.1, 0.15) is 17.5 Å². The van der Waals surface area contributed by atoms with Gasteiger partial charge in [0.15, 0.2) is 12.0 Å². The average Bonchev–Trinajstić information content (AvgIpc) is 2.56. The lowest BCUT2D eigenvalue weighted by Crippen LogP contribution is -1.92. The number of aldehydes is 1. The molecule has 0 unspecified atom stereocenters. The molecule has 0 aliphatic rings. The molecule has 0 aliphatic carbocycles. The number of hydrogen-bond acceptors (Lipinski definition) is 3. The molecule has 13 heavy (non-hydrogen) atoms. The molecule has 0 fully saturated rings. The standard InChI is InChI=1S/C5H4O2.C4H6O2/c6-4-5-2-1-3-7-5;1-3(2)4(5)6/h1-4H;1H2,2H3,(H,5,6). The topological polar surface area (TPSA) is 67.5 Å². The minimum Gasteiger partial charge on any atom is -0.478 e. The van der Waals surface area contributed by atoms with Gasteiger partial charge in [-0.3, -0.25) is 4.79 Å². The van der Waals surface area contributed by atoms with Crippen LogP contribution in [0, 0.1) is 0 Å². The first-order valence-corrected chi connectivity index (χ1v) is 3.45. The molecule has 4 heteroatoms. The minimum atomic E-state index is -0.935. The zero-order valence-electron chi connectivity index (χ0n) is 7.19. The number of carbonyl (C=O) groups is 2. The molecule has 0 aromatic carbocycles. The third kappa shape index (κ3) is 5.43. The molecule has 0 bridgehead atoms. The van der Waals surface area contributed by atoms with Gasteiger partial charge in [0.05, 0.1) is 6.26 Å². The molecule has 0 atom stereocenters. The SMILES string of the molecule is C=C(C)C(=O)O.O=Cc1ccco1. The largest absolute Gasteiger partial charge is 0.478 e. The van der Waals surface area contributed by atoms with Gasteiger partial charge in [-0.05, 0) is 19.1 Å². The van der Waals surface area contributed by atoms with Gasteiger partial charge in [-0.2, -0.15) is 0 Å². The fourth-order valence-electron chi connectivity index (χ4n) is 0.358. The molecule has 0 amide bonds. The normalized spacial score (nSPS) is 8.08. The summed E-state index contributed by atoms with van der Waals surface area (Å²) < 4.78 is 4.61. The maximum absolute atomic E-state index is 9.77. The van der Waals surface area contributed by atoms with Crippen molar-refractivity contribution >= 4 is 12.3 Å². The Hall–Kier alpha value is -1.84. The van der Waals surface area contributed by atoms with E-state index < -0.39 is 5.97 Å². The highest BCUT2D eigenvalue weighted by Gasteiger charge is 1.90. The van der Waals surface area contributed by atoms with E-state index in [2.05, 4.69) is 11.0 Å². The molecule has 1 aromatic rings. The summed E-state index contributed by atoms with van der Waals surface area (Å²) in [5.74, 6) is -0.560. The van der Waals surface area contributed by atoms with Gasteiger partial charge in [0, 0.05) is 5.57 Å². The number of hydrogen-bond donors (Lipinski definition) is 1. The van der Waals surface area contributed by atoms with E-state index in [-0.39, 0.29) is 5.57 Å². The molecule has 1 N–H and O–H groups in total. The van der Waals surface area contributed by atoms with E-state index in [1.165, 1.54) is 13.2 Å². The zero-order chi connectivity index (χ0) is 10.3. The van der Waals surface area contributed by atoms with E-state index in [4.69, 9.17) is 5.11 Å². The molecule has 70 valence electrons. The van der Waals surface area contributed by atoms with Crippen molar-refractivity contribution in [3.8, 4) is 0 Å². The van der Waals surface area contributed by atoms with Gasteiger partial charge in [0.25, 0.3) is 0 Å². The number of furan rings is 1. The van der Waals surface area contributed by atoms with Crippen molar-refractivity contribution in [1.29, 1.82) is 0 Å². The number of carboxylic acid groups (broad SMARTS) is 1. The van der Waals surface area contributed by atoms with Gasteiger partial charge in [-0.25, -0.2) is 4.79 Å². The van der Waals surface area contributed by atoms with Gasteiger partial charge >= 0.3 is 5.97 Å². The van der Waals surface area contributed by atoms with Crippen LogP contribution in [-0.2, 0) is 4.79 Å². The van der Waals surface area contributed by atoms with E-state index in [1.54, 1.807) is 12.1 Å². The van der Waals surface area contributed by atoms with Crippen LogP contribution in [0.5, 0.6) is 0 Å². The van der Waals surface area contributed by atoms with Crippen molar-refractivity contribution in [3.05, 3.63) is 36.3 Å². The second kappa shape index (κ2) is 5.77. The van der Waals surface area contributed by atoms with E-state index in [0.717, 1.165) is 0 Å². The smallest absolute Gasteiger partial charge is 0.330 e. The van der Waals surface area contributed by atoms with E-state index in [9.17, 15) is 9.59 Å². The first-order chi connectivity index (χ1) is 6.07. The summed E-state index contributed by atoms with van der Waals surface area (Å²) in [6, 6.07) is 3.27. The van der Waals surface area contributed by atoms with Crippen molar-refractivity contribution < 1.29 is 19.1 Å². The van der Waals surface area contributed by atoms with Gasteiger partial charge < -0.3 is 9.52 Å². The number of carbonyl (C=O) groups excluding carboxylic acids is 1. The van der Waals surface area contributed by atoms with Crippen LogP contribution in [0.3, 0.4) is 0 Å². The van der Waals surface area contributed by atoms with Gasteiger partial charge in [-0.15, -0.1) is 0 Å². The Kier molecular flexibility index (Phi) is 4.95. The van der Waals surface area contributed by atoms with Gasteiger partial charge in [0.1, 0.15) is 0 Å². The fourth-order valence-corrected chi connectivity index (χ4v) is 0.358. The van der Waals surface area contributed by atoms with Gasteiger partial charge in [-0.1, -0.05) is 6.58 Å². The molecule has 0 spiro atoms. The Morgan fingerprint density at radius 3 is 2.38 bits per heavy atom. The third-order valence-corrected chi connectivity index (χ3v) is 1.02. The average molecular weight is 182 g/mol. The molecule has 1 heterocycles. The highest BCUT2D eigenvalue weighted by Crippen LogP contribution is 1.92. The van der Waals surface area contributed by atoms with Gasteiger partial charge in [0.2, 0.25) is 0 Å². The molecule has 0 radical (unpaired) electrons. The van der Waals surface area contributed by atoms with Crippen LogP contribution in [0.25, 0.3) is 0 Å². The third-order valence-electron chi connectivity index (χ3n) is 1.02. The van der Waals surface area contributed by atoms with Crippen LogP contribution < -0.4 is 0 Å². The number of aliphatic carboxylic acids is 1. The first kappa shape index (κ1) is 11.2. The van der Waals surface area contributed by atoms with Crippen molar-refractivity contribution in [3.63, 3.8) is 0 Å². The Bertz CT molecular complexity index is 273. The summed E-state index contributed by atoms with van der Waals surface area (Å²) in [5, 5.41) is 7.89. The summed E-state index contributed by atoms with van der Waals surface area (Å²) in [6.45, 7) is 4.60. The van der Waals surface area contributed by atoms with E-state index >= 15 is 0 Å². The highest BCUT2D eigenvalue weighted by molar-refractivity contribution is 5.84. The highest BCUT2D eigenvalue weighted by atomic mass is 16.4. The molecule has 1 aromatic heterocycles. The summed E-state index contributed by atoms with van der Waals surface area (Å²) in [7, 11) is 0. The summed E-state index contributed by atoms with van der Waals surface area (Å²) in [6.07, 6.45) is 2.13. The van der Waals surface area contributed by atoms with Crippen LogP contribution >= 0.6 is 0 Å². The van der Waals surface area contributed by atoms with Crippen LogP contribution in [-0.4, -0.2) is 17.4 Å². The van der Waals surface area contributed by atoms with Crippen molar-refractivity contribution in [2.75, 3.05) is 0 Å². The summed E-state index contributed by atoms with van der Waals surface area (Å²) >= 11 is 0. The molecule has 0 saturated heterocycles. The summed E-state index contributed by atoms with van der Waals surface area (Å²) in [5.41, 5.74) is 0.176. The lowest BCUT2D eigenvalue weighted by molar-refractivity contribution is -0.132. The van der Waals surface area contributed by atoms with Crippen molar-refractivity contribution in [2.24, 2.45) is 0 Å². The lowest BCUT2D eigenvalue weighted by Gasteiger charge is -1.79. The van der Waals surface area contributed by atoms with Crippen LogP contribution in [0.15, 0.2) is 35.0 Å². The lowest BCUT2D eigenvalue weighted by atomic mass is 10.4. The van der Waals surface area contributed by atoms with Crippen molar-refractivity contribution in [2.45, 2.75) is 6.92 Å². The van der Waals surface area contributed by atoms with Crippen LogP contribution in [0.2, 0.25) is 0 Å². The number of rotatable bonds is 2. The molecular formula is C9H10O4. The maximum atomic E-state index is 9.77. The second-order valence-corrected chi connectivity index (χ2v) is 2.22. The Morgan fingerprint density at radius 2 is 2.23 bits per heavy atom.